The minimum Gasteiger partial charge on any atom is -0.404 e. The molecule has 1 aromatic rings. The zero-order chi connectivity index (χ0) is 10.1. The van der Waals surface area contributed by atoms with E-state index < -0.39 is 12.1 Å². The molecule has 0 atom stereocenters. The van der Waals surface area contributed by atoms with E-state index in [2.05, 4.69) is 17.4 Å². The molecule has 1 nitrogen and oxygen atoms in total. The van der Waals surface area contributed by atoms with E-state index >= 15 is 0 Å². The Kier molecular flexibility index (Phi) is 2.87. The molecular formula is C7H3ClF3OS. The van der Waals surface area contributed by atoms with Crippen LogP contribution in [0, 0.1) is 0 Å². The molecule has 0 aliphatic rings. The van der Waals surface area contributed by atoms with E-state index in [0.29, 0.717) is 0 Å². The first-order chi connectivity index (χ1) is 5.90. The molecule has 0 aromatic heterocycles. The second kappa shape index (κ2) is 3.59. The molecule has 0 unspecified atom stereocenters. The third kappa shape index (κ3) is 2.93. The summed E-state index contributed by atoms with van der Waals surface area (Å²) in [5, 5.41) is -0.199. The normalized spacial score (nSPS) is 11.4. The minimum absolute atomic E-state index is 0.128. The van der Waals surface area contributed by atoms with Crippen molar-refractivity contribution in [3.63, 3.8) is 0 Å². The lowest BCUT2D eigenvalue weighted by Gasteiger charge is -2.10. The van der Waals surface area contributed by atoms with Crippen molar-refractivity contribution >= 4 is 24.2 Å². The van der Waals surface area contributed by atoms with Crippen LogP contribution in [0.4, 0.5) is 13.2 Å². The molecule has 1 rings (SSSR count). The van der Waals surface area contributed by atoms with Crippen molar-refractivity contribution in [1.82, 2.24) is 0 Å². The van der Waals surface area contributed by atoms with Gasteiger partial charge in [-0.25, -0.2) is 0 Å². The Morgan fingerprint density at radius 2 is 1.92 bits per heavy atom. The second-order valence-corrected chi connectivity index (χ2v) is 2.93. The quantitative estimate of drug-likeness (QED) is 0.709. The van der Waals surface area contributed by atoms with Crippen molar-refractivity contribution in [2.24, 2.45) is 0 Å². The molecule has 0 bridgehead atoms. The predicted octanol–water partition coefficient (Wildman–Crippen LogP) is 3.80. The summed E-state index contributed by atoms with van der Waals surface area (Å²) in [6.45, 7) is 0. The molecule has 0 amide bonds. The fourth-order valence-corrected chi connectivity index (χ4v) is 1.04. The van der Waals surface area contributed by atoms with E-state index in [0.717, 1.165) is 6.07 Å². The summed E-state index contributed by atoms with van der Waals surface area (Å²) in [5.74, 6) is -0.471. The van der Waals surface area contributed by atoms with Crippen molar-refractivity contribution < 1.29 is 17.9 Å². The summed E-state index contributed by atoms with van der Waals surface area (Å²) in [6.07, 6.45) is -4.74. The van der Waals surface area contributed by atoms with E-state index in [1.165, 1.54) is 12.1 Å². The van der Waals surface area contributed by atoms with Gasteiger partial charge in [0.25, 0.3) is 0 Å². The first-order valence-electron chi connectivity index (χ1n) is 3.11. The average Bonchev–Trinajstić information content (AvgIpc) is 1.96. The smallest absolute Gasteiger partial charge is 0.404 e. The van der Waals surface area contributed by atoms with Crippen molar-refractivity contribution in [3.8, 4) is 5.75 Å². The summed E-state index contributed by atoms with van der Waals surface area (Å²) in [5.41, 5.74) is 0. The van der Waals surface area contributed by atoms with Gasteiger partial charge in [-0.2, -0.15) is 0 Å². The first-order valence-corrected chi connectivity index (χ1v) is 3.90. The number of hydrogen-bond acceptors (Lipinski definition) is 1. The Hall–Kier alpha value is -0.680. The highest BCUT2D eigenvalue weighted by Crippen LogP contribution is 2.33. The van der Waals surface area contributed by atoms with Crippen LogP contribution in [0.25, 0.3) is 0 Å². The summed E-state index contributed by atoms with van der Waals surface area (Å²) < 4.78 is 38.8. The van der Waals surface area contributed by atoms with Crippen molar-refractivity contribution in [2.75, 3.05) is 0 Å². The highest BCUT2D eigenvalue weighted by Gasteiger charge is 2.32. The largest absolute Gasteiger partial charge is 0.573 e. The molecule has 0 heterocycles. The zero-order valence-electron chi connectivity index (χ0n) is 6.06. The van der Waals surface area contributed by atoms with Crippen LogP contribution in [0.15, 0.2) is 23.1 Å². The van der Waals surface area contributed by atoms with Crippen LogP contribution in [-0.2, 0) is 0 Å². The van der Waals surface area contributed by atoms with Gasteiger partial charge in [0.05, 0.1) is 4.90 Å². The van der Waals surface area contributed by atoms with Crippen LogP contribution in [0.5, 0.6) is 5.75 Å². The zero-order valence-corrected chi connectivity index (χ0v) is 7.63. The topological polar surface area (TPSA) is 9.23 Å². The van der Waals surface area contributed by atoms with E-state index in [9.17, 15) is 13.2 Å². The Morgan fingerprint density at radius 1 is 1.31 bits per heavy atom. The van der Waals surface area contributed by atoms with Crippen LogP contribution in [0.3, 0.4) is 0 Å². The molecule has 0 spiro atoms. The SMILES string of the molecule is FC(F)(F)Oc1cccc([S])c1Cl. The van der Waals surface area contributed by atoms with Crippen molar-refractivity contribution in [1.29, 1.82) is 0 Å². The van der Waals surface area contributed by atoms with Gasteiger partial charge < -0.3 is 4.74 Å². The molecule has 0 saturated carbocycles. The third-order valence-corrected chi connectivity index (χ3v) is 2.00. The Balaban J connectivity index is 2.96. The molecule has 0 aliphatic heterocycles. The van der Waals surface area contributed by atoms with Crippen LogP contribution in [-0.4, -0.2) is 6.36 Å². The monoisotopic (exact) mass is 227 g/mol. The number of halogens is 4. The molecule has 71 valence electrons. The summed E-state index contributed by atoms with van der Waals surface area (Å²) in [4.78, 5) is 0.128. The Labute approximate surface area is 82.9 Å². The fourth-order valence-electron chi connectivity index (χ4n) is 0.694. The number of rotatable bonds is 1. The van der Waals surface area contributed by atoms with Gasteiger partial charge in [0.2, 0.25) is 0 Å². The number of alkyl halides is 3. The molecule has 1 aromatic carbocycles. The van der Waals surface area contributed by atoms with E-state index in [4.69, 9.17) is 11.6 Å². The van der Waals surface area contributed by atoms with E-state index in [1.807, 2.05) is 0 Å². The van der Waals surface area contributed by atoms with Gasteiger partial charge in [-0.1, -0.05) is 30.3 Å². The Bertz CT molecular complexity index is 313. The van der Waals surface area contributed by atoms with Gasteiger partial charge in [0, 0.05) is 0 Å². The highest BCUT2D eigenvalue weighted by molar-refractivity contribution is 7.80. The molecule has 0 saturated heterocycles. The third-order valence-electron chi connectivity index (χ3n) is 1.15. The number of ether oxygens (including phenoxy) is 1. The van der Waals surface area contributed by atoms with Gasteiger partial charge in [-0.3, -0.25) is 0 Å². The van der Waals surface area contributed by atoms with Gasteiger partial charge >= 0.3 is 6.36 Å². The fraction of sp³-hybridized carbons (Fsp3) is 0.143. The van der Waals surface area contributed by atoms with E-state index in [1.54, 1.807) is 0 Å². The number of hydrogen-bond donors (Lipinski definition) is 0. The van der Waals surface area contributed by atoms with Gasteiger partial charge in [0.15, 0.2) is 0 Å². The second-order valence-electron chi connectivity index (χ2n) is 2.12. The van der Waals surface area contributed by atoms with Crippen molar-refractivity contribution in [3.05, 3.63) is 23.2 Å². The average molecular weight is 228 g/mol. The molecular weight excluding hydrogens is 225 g/mol. The standard InChI is InChI=1S/C7H3ClF3OS/c8-6-4(12-7(9,10)11)2-1-3-5(6)13/h1-3H. The van der Waals surface area contributed by atoms with Gasteiger partial charge in [-0.15, -0.1) is 13.2 Å². The van der Waals surface area contributed by atoms with Crippen LogP contribution in [0.1, 0.15) is 0 Å². The first kappa shape index (κ1) is 10.4. The number of benzene rings is 1. The summed E-state index contributed by atoms with van der Waals surface area (Å²) in [6, 6.07) is 3.86. The molecule has 0 aliphatic carbocycles. The summed E-state index contributed by atoms with van der Waals surface area (Å²) in [7, 11) is 0. The van der Waals surface area contributed by atoms with E-state index in [-0.39, 0.29) is 9.92 Å². The van der Waals surface area contributed by atoms with Crippen LogP contribution in [0.2, 0.25) is 5.02 Å². The molecule has 0 N–H and O–H groups in total. The maximum absolute atomic E-state index is 11.7. The van der Waals surface area contributed by atoms with Crippen LogP contribution >= 0.6 is 24.2 Å². The lowest BCUT2D eigenvalue weighted by molar-refractivity contribution is -0.274. The molecule has 6 heteroatoms. The molecule has 1 radical (unpaired) electrons. The maximum atomic E-state index is 11.7. The minimum atomic E-state index is -4.74. The van der Waals surface area contributed by atoms with Crippen molar-refractivity contribution in [2.45, 2.75) is 11.3 Å². The molecule has 0 fully saturated rings. The Morgan fingerprint density at radius 3 is 2.46 bits per heavy atom. The lowest BCUT2D eigenvalue weighted by atomic mass is 10.3. The predicted molar refractivity (Wildman–Crippen MR) is 44.0 cm³/mol. The highest BCUT2D eigenvalue weighted by atomic mass is 35.5. The summed E-state index contributed by atoms with van der Waals surface area (Å²) >= 11 is 10.1. The maximum Gasteiger partial charge on any atom is 0.573 e. The van der Waals surface area contributed by atoms with Gasteiger partial charge in [0.1, 0.15) is 10.8 Å². The van der Waals surface area contributed by atoms with Gasteiger partial charge in [-0.05, 0) is 12.1 Å². The molecule has 13 heavy (non-hydrogen) atoms. The van der Waals surface area contributed by atoms with Crippen LogP contribution < -0.4 is 4.74 Å². The lowest BCUT2D eigenvalue weighted by Crippen LogP contribution is -2.17.